The molecule has 1 aromatic heterocycles. The SMILES string of the molecule is C=C(Cl)/C=C\C(=C)Cn1nc(-c2ccc(NC)cc2)cc(C)c1=O. The van der Waals surface area contributed by atoms with Crippen molar-refractivity contribution in [1.29, 1.82) is 0 Å². The number of allylic oxidation sites excluding steroid dienone is 4. The molecule has 124 valence electrons. The molecule has 0 spiro atoms. The minimum absolute atomic E-state index is 0.134. The van der Waals surface area contributed by atoms with E-state index >= 15 is 0 Å². The highest BCUT2D eigenvalue weighted by molar-refractivity contribution is 6.30. The van der Waals surface area contributed by atoms with Gasteiger partial charge in [0.1, 0.15) is 0 Å². The molecule has 5 heteroatoms. The number of hydrogen-bond acceptors (Lipinski definition) is 3. The van der Waals surface area contributed by atoms with Crippen LogP contribution in [0, 0.1) is 6.92 Å². The maximum Gasteiger partial charge on any atom is 0.270 e. The van der Waals surface area contributed by atoms with Gasteiger partial charge in [-0.2, -0.15) is 5.10 Å². The molecular weight excluding hydrogens is 322 g/mol. The molecule has 0 aliphatic carbocycles. The van der Waals surface area contributed by atoms with Crippen molar-refractivity contribution in [2.24, 2.45) is 0 Å². The molecule has 2 rings (SSSR count). The Labute approximate surface area is 146 Å². The standard InChI is InChI=1S/C19H20ClN3O/c1-13(5-6-15(3)20)12-23-19(24)14(2)11-18(22-23)16-7-9-17(21-4)10-8-16/h5-11,21H,1,3,12H2,2,4H3/b6-5-. The van der Waals surface area contributed by atoms with Gasteiger partial charge in [0.05, 0.1) is 12.2 Å². The van der Waals surface area contributed by atoms with E-state index < -0.39 is 0 Å². The summed E-state index contributed by atoms with van der Waals surface area (Å²) >= 11 is 5.70. The van der Waals surface area contributed by atoms with Gasteiger partial charge in [0.15, 0.2) is 0 Å². The molecule has 1 N–H and O–H groups in total. The lowest BCUT2D eigenvalue weighted by molar-refractivity contribution is 0.638. The molecule has 24 heavy (non-hydrogen) atoms. The van der Waals surface area contributed by atoms with Crippen molar-refractivity contribution < 1.29 is 0 Å². The van der Waals surface area contributed by atoms with Gasteiger partial charge in [-0.25, -0.2) is 4.68 Å². The normalized spacial score (nSPS) is 10.8. The van der Waals surface area contributed by atoms with Gasteiger partial charge in [0.25, 0.3) is 5.56 Å². The van der Waals surface area contributed by atoms with E-state index in [1.54, 1.807) is 25.1 Å². The maximum absolute atomic E-state index is 12.3. The van der Waals surface area contributed by atoms with E-state index in [0.717, 1.165) is 16.9 Å². The first-order chi connectivity index (χ1) is 11.4. The Morgan fingerprint density at radius 2 is 1.96 bits per heavy atom. The molecule has 0 amide bonds. The van der Waals surface area contributed by atoms with E-state index in [2.05, 4.69) is 23.6 Å². The van der Waals surface area contributed by atoms with Crippen molar-refractivity contribution in [3.63, 3.8) is 0 Å². The van der Waals surface area contributed by atoms with Crippen molar-refractivity contribution in [3.8, 4) is 11.3 Å². The second kappa shape index (κ2) is 7.79. The Bertz CT molecular complexity index is 848. The van der Waals surface area contributed by atoms with Gasteiger partial charge in [0.2, 0.25) is 0 Å². The van der Waals surface area contributed by atoms with Gasteiger partial charge in [-0.05, 0) is 36.8 Å². The largest absolute Gasteiger partial charge is 0.388 e. The first kappa shape index (κ1) is 17.8. The van der Waals surface area contributed by atoms with Crippen LogP contribution in [0.3, 0.4) is 0 Å². The molecule has 0 unspecified atom stereocenters. The quantitative estimate of drug-likeness (QED) is 0.804. The summed E-state index contributed by atoms with van der Waals surface area (Å²) in [6.45, 7) is 9.58. The summed E-state index contributed by atoms with van der Waals surface area (Å²) in [4.78, 5) is 12.3. The van der Waals surface area contributed by atoms with Crippen LogP contribution in [0.5, 0.6) is 0 Å². The van der Waals surface area contributed by atoms with Gasteiger partial charge < -0.3 is 5.32 Å². The molecular formula is C19H20ClN3O. The number of anilines is 1. The van der Waals surface area contributed by atoms with Crippen molar-refractivity contribution in [1.82, 2.24) is 9.78 Å². The van der Waals surface area contributed by atoms with Gasteiger partial charge >= 0.3 is 0 Å². The number of nitrogens with zero attached hydrogens (tertiary/aromatic N) is 2. The molecule has 0 saturated heterocycles. The number of rotatable bonds is 6. The van der Waals surface area contributed by atoms with Crippen molar-refractivity contribution in [3.05, 3.63) is 82.2 Å². The molecule has 0 atom stereocenters. The number of hydrogen-bond donors (Lipinski definition) is 1. The van der Waals surface area contributed by atoms with Crippen LogP contribution in [0.1, 0.15) is 5.56 Å². The second-order valence-corrected chi connectivity index (χ2v) is 5.93. The van der Waals surface area contributed by atoms with Crippen LogP contribution in [0.2, 0.25) is 0 Å². The molecule has 1 heterocycles. The smallest absolute Gasteiger partial charge is 0.270 e. The number of aryl methyl sites for hydroxylation is 1. The predicted molar refractivity (Wildman–Crippen MR) is 101 cm³/mol. The third kappa shape index (κ3) is 4.46. The summed E-state index contributed by atoms with van der Waals surface area (Å²) in [5, 5.41) is 7.94. The lowest BCUT2D eigenvalue weighted by Crippen LogP contribution is -2.25. The van der Waals surface area contributed by atoms with Crippen molar-refractivity contribution in [2.45, 2.75) is 13.5 Å². The fourth-order valence-electron chi connectivity index (χ4n) is 2.18. The summed E-state index contributed by atoms with van der Waals surface area (Å²) in [5.41, 5.74) is 3.92. The molecule has 2 aromatic rings. The summed E-state index contributed by atoms with van der Waals surface area (Å²) in [5.74, 6) is 0. The Morgan fingerprint density at radius 3 is 2.54 bits per heavy atom. The Morgan fingerprint density at radius 1 is 1.29 bits per heavy atom. The fraction of sp³-hybridized carbons (Fsp3) is 0.158. The average molecular weight is 342 g/mol. The van der Waals surface area contributed by atoms with Crippen LogP contribution >= 0.6 is 11.6 Å². The first-order valence-electron chi connectivity index (χ1n) is 7.48. The van der Waals surface area contributed by atoms with Gasteiger partial charge in [-0.15, -0.1) is 0 Å². The molecule has 0 radical (unpaired) electrons. The fourth-order valence-corrected chi connectivity index (χ4v) is 2.25. The van der Waals surface area contributed by atoms with Crippen LogP contribution in [0.4, 0.5) is 5.69 Å². The van der Waals surface area contributed by atoms with Gasteiger partial charge in [0, 0.05) is 28.9 Å². The first-order valence-corrected chi connectivity index (χ1v) is 7.85. The van der Waals surface area contributed by atoms with E-state index in [-0.39, 0.29) is 5.56 Å². The summed E-state index contributed by atoms with van der Waals surface area (Å²) in [6.07, 6.45) is 3.37. The number of halogens is 1. The van der Waals surface area contributed by atoms with Gasteiger partial charge in [-0.1, -0.05) is 43.0 Å². The van der Waals surface area contributed by atoms with Crippen LogP contribution in [0.25, 0.3) is 11.3 Å². The molecule has 0 fully saturated rings. The van der Waals surface area contributed by atoms with Crippen LogP contribution < -0.4 is 10.9 Å². The minimum Gasteiger partial charge on any atom is -0.388 e. The number of benzene rings is 1. The topological polar surface area (TPSA) is 46.9 Å². The summed E-state index contributed by atoms with van der Waals surface area (Å²) < 4.78 is 1.42. The lowest BCUT2D eigenvalue weighted by Gasteiger charge is -2.10. The third-order valence-electron chi connectivity index (χ3n) is 3.48. The average Bonchev–Trinajstić information content (AvgIpc) is 2.57. The third-order valence-corrected chi connectivity index (χ3v) is 3.60. The van der Waals surface area contributed by atoms with Crippen molar-refractivity contribution >= 4 is 17.3 Å². The van der Waals surface area contributed by atoms with Crippen LogP contribution in [0.15, 0.2) is 71.0 Å². The van der Waals surface area contributed by atoms with Crippen LogP contribution in [-0.2, 0) is 6.54 Å². The zero-order chi connectivity index (χ0) is 17.7. The summed E-state index contributed by atoms with van der Waals surface area (Å²) in [7, 11) is 1.87. The zero-order valence-electron chi connectivity index (χ0n) is 13.8. The molecule has 4 nitrogen and oxygen atoms in total. The van der Waals surface area contributed by atoms with Crippen molar-refractivity contribution in [2.75, 3.05) is 12.4 Å². The van der Waals surface area contributed by atoms with E-state index in [9.17, 15) is 4.79 Å². The Balaban J connectivity index is 2.35. The van der Waals surface area contributed by atoms with E-state index in [1.807, 2.05) is 31.3 Å². The molecule has 1 aromatic carbocycles. The maximum atomic E-state index is 12.3. The van der Waals surface area contributed by atoms with E-state index in [0.29, 0.717) is 22.7 Å². The highest BCUT2D eigenvalue weighted by Crippen LogP contribution is 2.19. The second-order valence-electron chi connectivity index (χ2n) is 5.44. The van der Waals surface area contributed by atoms with E-state index in [4.69, 9.17) is 11.6 Å². The van der Waals surface area contributed by atoms with E-state index in [1.165, 1.54) is 4.68 Å². The number of nitrogens with one attached hydrogen (secondary N) is 1. The summed E-state index contributed by atoms with van der Waals surface area (Å²) in [6, 6.07) is 9.67. The number of aromatic nitrogens is 2. The lowest BCUT2D eigenvalue weighted by atomic mass is 10.1. The van der Waals surface area contributed by atoms with Crippen LogP contribution in [-0.4, -0.2) is 16.8 Å². The Kier molecular flexibility index (Phi) is 5.77. The van der Waals surface area contributed by atoms with Gasteiger partial charge in [-0.3, -0.25) is 4.79 Å². The highest BCUT2D eigenvalue weighted by atomic mass is 35.5. The zero-order valence-corrected chi connectivity index (χ0v) is 14.6. The highest BCUT2D eigenvalue weighted by Gasteiger charge is 2.08. The predicted octanol–water partition coefficient (Wildman–Crippen LogP) is 4.13. The Hall–Kier alpha value is -2.59. The molecule has 0 aliphatic heterocycles. The molecule has 0 bridgehead atoms. The monoisotopic (exact) mass is 341 g/mol. The minimum atomic E-state index is -0.134. The molecule has 0 saturated carbocycles. The molecule has 0 aliphatic rings.